The van der Waals surface area contributed by atoms with Gasteiger partial charge in [0.1, 0.15) is 11.9 Å². The van der Waals surface area contributed by atoms with Crippen LogP contribution in [-0.2, 0) is 4.79 Å². The first-order chi connectivity index (χ1) is 6.65. The predicted octanol–water partition coefficient (Wildman–Crippen LogP) is 0.849. The third kappa shape index (κ3) is 2.14. The summed E-state index contributed by atoms with van der Waals surface area (Å²) in [5.41, 5.74) is 0.871. The molecule has 0 atom stereocenters. The van der Waals surface area contributed by atoms with E-state index >= 15 is 0 Å². The molecule has 5 nitrogen and oxygen atoms in total. The maximum absolute atomic E-state index is 10.4. The van der Waals surface area contributed by atoms with Crippen LogP contribution in [0.5, 0.6) is 0 Å². The van der Waals surface area contributed by atoms with Gasteiger partial charge in [0.15, 0.2) is 6.29 Å². The zero-order valence-corrected chi connectivity index (χ0v) is 7.35. The molecule has 0 aromatic carbocycles. The van der Waals surface area contributed by atoms with E-state index in [9.17, 15) is 14.9 Å². The average molecular weight is 190 g/mol. The van der Waals surface area contributed by atoms with Crippen molar-refractivity contribution in [1.29, 1.82) is 0 Å². The van der Waals surface area contributed by atoms with Gasteiger partial charge in [-0.3, -0.25) is 14.9 Å². The number of hydrogen-bond acceptors (Lipinski definition) is 4. The normalized spacial score (nSPS) is 8.64. The summed E-state index contributed by atoms with van der Waals surface area (Å²) in [6, 6.07) is 1.36. The molecule has 0 aliphatic rings. The van der Waals surface area contributed by atoms with Gasteiger partial charge in [-0.25, -0.2) is 4.98 Å². The van der Waals surface area contributed by atoms with Crippen molar-refractivity contribution in [3.05, 3.63) is 33.6 Å². The minimum Gasteiger partial charge on any atom is -0.289 e. The second-order valence-corrected chi connectivity index (χ2v) is 2.50. The number of hydrogen-bond donors (Lipinski definition) is 0. The fraction of sp³-hybridized carbons (Fsp3) is 0.111. The van der Waals surface area contributed by atoms with E-state index in [1.807, 2.05) is 0 Å². The number of aryl methyl sites for hydroxylation is 1. The molecule has 0 spiro atoms. The van der Waals surface area contributed by atoms with Crippen molar-refractivity contribution in [3.8, 4) is 11.8 Å². The van der Waals surface area contributed by atoms with Gasteiger partial charge in [-0.2, -0.15) is 0 Å². The Hall–Kier alpha value is -2.22. The van der Waals surface area contributed by atoms with Crippen LogP contribution < -0.4 is 0 Å². The first-order valence-electron chi connectivity index (χ1n) is 3.71. The number of pyridine rings is 1. The van der Waals surface area contributed by atoms with Crippen LogP contribution >= 0.6 is 0 Å². The Bertz CT molecular complexity index is 443. The fourth-order valence-electron chi connectivity index (χ4n) is 0.888. The Labute approximate surface area is 79.9 Å². The zero-order valence-electron chi connectivity index (χ0n) is 7.35. The molecule has 5 heteroatoms. The smallest absolute Gasteiger partial charge is 0.287 e. The number of carbonyl (C=O) groups is 1. The van der Waals surface area contributed by atoms with Gasteiger partial charge in [-0.1, -0.05) is 0 Å². The van der Waals surface area contributed by atoms with Gasteiger partial charge in [0.2, 0.25) is 0 Å². The highest BCUT2D eigenvalue weighted by Gasteiger charge is 2.07. The molecule has 1 aromatic heterocycles. The van der Waals surface area contributed by atoms with Gasteiger partial charge in [0, 0.05) is 6.07 Å². The van der Waals surface area contributed by atoms with Crippen LogP contribution in [-0.4, -0.2) is 16.2 Å². The molecule has 0 saturated carbocycles. The van der Waals surface area contributed by atoms with Gasteiger partial charge in [-0.05, 0) is 24.3 Å². The van der Waals surface area contributed by atoms with Crippen molar-refractivity contribution in [3.63, 3.8) is 0 Å². The van der Waals surface area contributed by atoms with E-state index in [4.69, 9.17) is 0 Å². The molecule has 0 radical (unpaired) electrons. The minimum atomic E-state index is -0.531. The molecule has 1 aromatic rings. The van der Waals surface area contributed by atoms with Crippen LogP contribution in [0.1, 0.15) is 11.3 Å². The van der Waals surface area contributed by atoms with E-state index in [2.05, 4.69) is 16.8 Å². The van der Waals surface area contributed by atoms with Crippen molar-refractivity contribution in [2.45, 2.75) is 6.92 Å². The van der Waals surface area contributed by atoms with Crippen LogP contribution in [0.15, 0.2) is 12.3 Å². The summed E-state index contributed by atoms with van der Waals surface area (Å²) in [5.74, 6) is 4.67. The molecule has 0 aliphatic heterocycles. The largest absolute Gasteiger partial charge is 0.289 e. The van der Waals surface area contributed by atoms with E-state index in [0.29, 0.717) is 17.5 Å². The van der Waals surface area contributed by atoms with Crippen LogP contribution in [0.2, 0.25) is 0 Å². The summed E-state index contributed by atoms with van der Waals surface area (Å²) >= 11 is 0. The van der Waals surface area contributed by atoms with E-state index in [1.54, 1.807) is 6.92 Å². The molecule has 70 valence electrons. The lowest BCUT2D eigenvalue weighted by molar-refractivity contribution is -0.385. The SMILES string of the molecule is Cc1cc([N+](=O)[O-])cnc1C#CC=O. The number of rotatable bonds is 1. The summed E-state index contributed by atoms with van der Waals surface area (Å²) in [4.78, 5) is 23.5. The lowest BCUT2D eigenvalue weighted by atomic mass is 10.2. The van der Waals surface area contributed by atoms with Gasteiger partial charge in [0.25, 0.3) is 5.69 Å². The number of nitrogens with zero attached hydrogens (tertiary/aromatic N) is 2. The first-order valence-corrected chi connectivity index (χ1v) is 3.71. The molecule has 0 unspecified atom stereocenters. The number of nitro groups is 1. The Morgan fingerprint density at radius 2 is 2.36 bits per heavy atom. The van der Waals surface area contributed by atoms with E-state index < -0.39 is 4.92 Å². The topological polar surface area (TPSA) is 73.1 Å². The standard InChI is InChI=1S/C9H6N2O3/c1-7-5-8(11(13)14)6-10-9(7)3-2-4-12/h4-6H,1H3. The lowest BCUT2D eigenvalue weighted by Gasteiger charge is -1.95. The molecule has 0 saturated heterocycles. The average Bonchev–Trinajstić information content (AvgIpc) is 2.15. The van der Waals surface area contributed by atoms with Gasteiger partial charge in [0.05, 0.1) is 4.92 Å². The maximum Gasteiger partial charge on any atom is 0.287 e. The highest BCUT2D eigenvalue weighted by molar-refractivity contribution is 5.73. The van der Waals surface area contributed by atoms with Gasteiger partial charge >= 0.3 is 0 Å². The summed E-state index contributed by atoms with van der Waals surface area (Å²) in [6.45, 7) is 1.65. The van der Waals surface area contributed by atoms with E-state index in [1.165, 1.54) is 6.07 Å². The summed E-state index contributed by atoms with van der Waals surface area (Å²) < 4.78 is 0. The molecule has 0 fully saturated rings. The molecule has 14 heavy (non-hydrogen) atoms. The summed E-state index contributed by atoms with van der Waals surface area (Å²) in [7, 11) is 0. The Kier molecular flexibility index (Phi) is 2.92. The Morgan fingerprint density at radius 3 is 2.86 bits per heavy atom. The Balaban J connectivity index is 3.13. The number of aldehydes is 1. The molecule has 1 heterocycles. The van der Waals surface area contributed by atoms with Gasteiger partial charge in [-0.15, -0.1) is 0 Å². The van der Waals surface area contributed by atoms with Crippen molar-refractivity contribution in [2.24, 2.45) is 0 Å². The predicted molar refractivity (Wildman–Crippen MR) is 48.6 cm³/mol. The molecular weight excluding hydrogens is 184 g/mol. The number of carbonyl (C=O) groups excluding carboxylic acids is 1. The van der Waals surface area contributed by atoms with Crippen LogP contribution in [0, 0.1) is 28.9 Å². The minimum absolute atomic E-state index is 0.0841. The monoisotopic (exact) mass is 190 g/mol. The van der Waals surface area contributed by atoms with E-state index in [-0.39, 0.29) is 5.69 Å². The van der Waals surface area contributed by atoms with Crippen LogP contribution in [0.25, 0.3) is 0 Å². The maximum atomic E-state index is 10.4. The molecule has 1 rings (SSSR count). The summed E-state index contributed by atoms with van der Waals surface area (Å²) in [5, 5.41) is 10.4. The number of aromatic nitrogens is 1. The molecule has 0 amide bonds. The highest BCUT2D eigenvalue weighted by atomic mass is 16.6. The van der Waals surface area contributed by atoms with Gasteiger partial charge < -0.3 is 0 Å². The van der Waals surface area contributed by atoms with Crippen LogP contribution in [0.4, 0.5) is 5.69 Å². The van der Waals surface area contributed by atoms with Crippen LogP contribution in [0.3, 0.4) is 0 Å². The van der Waals surface area contributed by atoms with Crippen molar-refractivity contribution in [1.82, 2.24) is 4.98 Å². The molecule has 0 N–H and O–H groups in total. The first kappa shape index (κ1) is 9.86. The van der Waals surface area contributed by atoms with Crippen molar-refractivity contribution < 1.29 is 9.72 Å². The second kappa shape index (κ2) is 4.14. The fourth-order valence-corrected chi connectivity index (χ4v) is 0.888. The zero-order chi connectivity index (χ0) is 10.6. The lowest BCUT2D eigenvalue weighted by Crippen LogP contribution is -1.93. The third-order valence-corrected chi connectivity index (χ3v) is 1.52. The molecule has 0 aliphatic carbocycles. The summed E-state index contributed by atoms with van der Waals surface area (Å²) in [6.07, 6.45) is 1.56. The Morgan fingerprint density at radius 1 is 1.64 bits per heavy atom. The second-order valence-electron chi connectivity index (χ2n) is 2.50. The third-order valence-electron chi connectivity index (χ3n) is 1.52. The molecule has 0 bridgehead atoms. The van der Waals surface area contributed by atoms with Crippen molar-refractivity contribution in [2.75, 3.05) is 0 Å². The van der Waals surface area contributed by atoms with Crippen molar-refractivity contribution >= 4 is 12.0 Å². The quantitative estimate of drug-likeness (QED) is 0.285. The molecular formula is C9H6N2O3. The van der Waals surface area contributed by atoms with E-state index in [0.717, 1.165) is 6.20 Å². The highest BCUT2D eigenvalue weighted by Crippen LogP contribution is 2.13.